The molecule has 0 fully saturated rings. The molecule has 10 heavy (non-hydrogen) atoms. The summed E-state index contributed by atoms with van der Waals surface area (Å²) < 4.78 is 14.3. The van der Waals surface area contributed by atoms with E-state index in [0.717, 1.165) is 19.3 Å². The Balaban J connectivity index is -0.000000320. The van der Waals surface area contributed by atoms with Crippen LogP contribution in [0.4, 0.5) is 0 Å². The summed E-state index contributed by atoms with van der Waals surface area (Å²) >= 11 is 0. The predicted molar refractivity (Wildman–Crippen MR) is 36.4 cm³/mol. The van der Waals surface area contributed by atoms with E-state index in [1.54, 1.807) is 0 Å². The molecule has 0 amide bonds. The molecule has 0 aromatic carbocycles. The molecule has 0 spiro atoms. The van der Waals surface area contributed by atoms with E-state index in [9.17, 15) is 4.57 Å². The average Bonchev–Trinajstić information content (AvgIpc) is 1.80. The summed E-state index contributed by atoms with van der Waals surface area (Å²) in [4.78, 5) is 8.14. The molecule has 1 N–H and O–H groups in total. The van der Waals surface area contributed by atoms with Crippen molar-refractivity contribution < 1.29 is 34.3 Å². The topological polar surface area (TPSA) is 46.5 Å². The van der Waals surface area contributed by atoms with E-state index >= 15 is 0 Å². The van der Waals surface area contributed by atoms with Gasteiger partial charge in [-0.15, -0.1) is 9.42 Å². The van der Waals surface area contributed by atoms with Gasteiger partial charge in [0.1, 0.15) is 6.61 Å². The molecule has 1 atom stereocenters. The first-order valence-corrected chi connectivity index (χ1v) is 4.19. The van der Waals surface area contributed by atoms with Crippen LogP contribution in [0.5, 0.6) is 0 Å². The Morgan fingerprint density at radius 3 is 2.60 bits per heavy atom. The van der Waals surface area contributed by atoms with Crippen LogP contribution in [0.3, 0.4) is 0 Å². The smallest absolute Gasteiger partial charge is 1.00 e. The molecule has 56 valence electrons. The van der Waals surface area contributed by atoms with Crippen LogP contribution >= 0.6 is 8.25 Å². The van der Waals surface area contributed by atoms with Crippen molar-refractivity contribution >= 4 is 8.25 Å². The van der Waals surface area contributed by atoms with E-state index in [0.29, 0.717) is 6.61 Å². The molecule has 0 radical (unpaired) electrons. The molecule has 0 aromatic rings. The third-order valence-electron chi connectivity index (χ3n) is 0.950. The average molecular weight is 159 g/mol. The summed E-state index contributed by atoms with van der Waals surface area (Å²) in [6.45, 7) is 2.47. The quantitative estimate of drug-likeness (QED) is 0.316. The van der Waals surface area contributed by atoms with Gasteiger partial charge in [0.25, 0.3) is 0 Å². The zero-order valence-electron chi connectivity index (χ0n) is 7.54. The SMILES string of the molecule is CCCCCO[P+](=O)O.[H-].[Li+]. The van der Waals surface area contributed by atoms with Crippen LogP contribution in [0.1, 0.15) is 27.6 Å². The second-order valence-corrected chi connectivity index (χ2v) is 2.51. The molecule has 0 heterocycles. The summed E-state index contributed by atoms with van der Waals surface area (Å²) in [5, 5.41) is 0. The van der Waals surface area contributed by atoms with Crippen LogP contribution in [-0.2, 0) is 9.09 Å². The maximum absolute atomic E-state index is 9.89. The molecule has 0 aliphatic carbocycles. The number of hydrogen-bond acceptors (Lipinski definition) is 2. The van der Waals surface area contributed by atoms with Gasteiger partial charge < -0.3 is 1.43 Å². The summed E-state index contributed by atoms with van der Waals surface area (Å²) in [5.74, 6) is 0. The maximum Gasteiger partial charge on any atom is 1.00 e. The van der Waals surface area contributed by atoms with Gasteiger partial charge in [-0.25, -0.2) is 0 Å². The molecule has 0 rings (SSSR count). The molecule has 0 aromatic heterocycles. The Morgan fingerprint density at radius 1 is 1.60 bits per heavy atom. The van der Waals surface area contributed by atoms with Crippen LogP contribution < -0.4 is 18.9 Å². The summed E-state index contributed by atoms with van der Waals surface area (Å²) in [6, 6.07) is 0. The van der Waals surface area contributed by atoms with Gasteiger partial charge in [-0.3, -0.25) is 0 Å². The first kappa shape index (κ1) is 13.2. The van der Waals surface area contributed by atoms with Crippen LogP contribution in [-0.4, -0.2) is 11.5 Å². The fraction of sp³-hybridized carbons (Fsp3) is 1.00. The van der Waals surface area contributed by atoms with Crippen molar-refractivity contribution in [3.05, 3.63) is 0 Å². The van der Waals surface area contributed by atoms with E-state index in [1.165, 1.54) is 0 Å². The van der Waals surface area contributed by atoms with E-state index in [4.69, 9.17) is 4.89 Å². The minimum atomic E-state index is -2.37. The Bertz CT molecular complexity index is 93.8. The van der Waals surface area contributed by atoms with Crippen molar-refractivity contribution in [2.24, 2.45) is 0 Å². The molecule has 0 aliphatic rings. The Morgan fingerprint density at radius 2 is 2.20 bits per heavy atom. The van der Waals surface area contributed by atoms with E-state index in [2.05, 4.69) is 11.4 Å². The van der Waals surface area contributed by atoms with Gasteiger partial charge in [-0.2, -0.15) is 0 Å². The Labute approximate surface area is 75.8 Å². The van der Waals surface area contributed by atoms with Crippen molar-refractivity contribution in [1.82, 2.24) is 0 Å². The molecule has 0 aliphatic heterocycles. The Kier molecular flexibility index (Phi) is 12.7. The molecule has 0 saturated carbocycles. The first-order valence-electron chi connectivity index (χ1n) is 3.06. The van der Waals surface area contributed by atoms with Crippen molar-refractivity contribution in [1.29, 1.82) is 0 Å². The molecule has 0 bridgehead atoms. The second-order valence-electron chi connectivity index (χ2n) is 1.78. The third-order valence-corrected chi connectivity index (χ3v) is 1.35. The van der Waals surface area contributed by atoms with Crippen molar-refractivity contribution in [2.45, 2.75) is 26.2 Å². The summed E-state index contributed by atoms with van der Waals surface area (Å²) in [6.07, 6.45) is 3.03. The van der Waals surface area contributed by atoms with Crippen molar-refractivity contribution in [3.8, 4) is 0 Å². The first-order chi connectivity index (χ1) is 4.27. The summed E-state index contributed by atoms with van der Waals surface area (Å²) in [7, 11) is -2.37. The number of unbranched alkanes of at least 4 members (excludes halogenated alkanes) is 2. The van der Waals surface area contributed by atoms with E-state index < -0.39 is 8.25 Å². The van der Waals surface area contributed by atoms with Crippen LogP contribution in [0.15, 0.2) is 0 Å². The van der Waals surface area contributed by atoms with E-state index in [-0.39, 0.29) is 20.3 Å². The summed E-state index contributed by atoms with van der Waals surface area (Å²) in [5.41, 5.74) is 0. The largest absolute Gasteiger partial charge is 1.00 e. The zero-order valence-corrected chi connectivity index (χ0v) is 7.43. The van der Waals surface area contributed by atoms with Crippen molar-refractivity contribution in [2.75, 3.05) is 6.61 Å². The third kappa shape index (κ3) is 11.4. The molecule has 1 unspecified atom stereocenters. The molecule has 3 nitrogen and oxygen atoms in total. The molecule has 0 saturated heterocycles. The minimum absolute atomic E-state index is 0. The van der Waals surface area contributed by atoms with Gasteiger partial charge in [0.2, 0.25) is 0 Å². The van der Waals surface area contributed by atoms with Crippen LogP contribution in [0.25, 0.3) is 0 Å². The van der Waals surface area contributed by atoms with Crippen molar-refractivity contribution in [3.63, 3.8) is 0 Å². The number of rotatable bonds is 5. The normalized spacial score (nSPS) is 10.4. The molecule has 5 heteroatoms. The van der Waals surface area contributed by atoms with Gasteiger partial charge in [0.05, 0.1) is 0 Å². The molecular formula is C5H13LiO3P+. The Hall–Kier alpha value is 0.617. The van der Waals surface area contributed by atoms with Crippen LogP contribution in [0.2, 0.25) is 0 Å². The standard InChI is InChI=1S/C5H11O3P.Li.H/c1-2-3-4-5-8-9(6)7;;/h2-5H2,1H3;;/q;+1;-1/p+1. The van der Waals surface area contributed by atoms with Crippen LogP contribution in [0, 0.1) is 0 Å². The maximum atomic E-state index is 9.89. The monoisotopic (exact) mass is 159 g/mol. The minimum Gasteiger partial charge on any atom is -1.00 e. The zero-order chi connectivity index (χ0) is 7.11. The van der Waals surface area contributed by atoms with Gasteiger partial charge in [0, 0.05) is 4.57 Å². The predicted octanol–water partition coefficient (Wildman–Crippen LogP) is -1.04. The van der Waals surface area contributed by atoms with E-state index in [1.807, 2.05) is 0 Å². The number of hydrogen-bond donors (Lipinski definition) is 1. The van der Waals surface area contributed by atoms with Gasteiger partial charge in [-0.1, -0.05) is 19.8 Å². The van der Waals surface area contributed by atoms with Gasteiger partial charge >= 0.3 is 27.1 Å². The van der Waals surface area contributed by atoms with Gasteiger partial charge in [0.15, 0.2) is 0 Å². The van der Waals surface area contributed by atoms with Gasteiger partial charge in [-0.05, 0) is 6.42 Å². The fourth-order valence-electron chi connectivity index (χ4n) is 0.495. The molecular weight excluding hydrogens is 146 g/mol. The fourth-order valence-corrected chi connectivity index (χ4v) is 0.780. The second kappa shape index (κ2) is 9.62.